The average Bonchev–Trinajstić information content (AvgIpc) is 2.55. The molecule has 0 fully saturated rings. The van der Waals surface area contributed by atoms with Crippen LogP contribution in [-0.4, -0.2) is 24.6 Å². The fourth-order valence-electron chi connectivity index (χ4n) is 1.64. The molecule has 0 heterocycles. The minimum Gasteiger partial charge on any atom is -0.457 e. The maximum absolute atomic E-state index is 11.2. The molecule has 6 nitrogen and oxygen atoms in total. The van der Waals surface area contributed by atoms with Crippen molar-refractivity contribution in [2.24, 2.45) is 5.73 Å². The first kappa shape index (κ1) is 19.7. The summed E-state index contributed by atoms with van der Waals surface area (Å²) in [5.74, 6) is 0.608. The lowest BCUT2D eigenvalue weighted by Gasteiger charge is -2.10. The van der Waals surface area contributed by atoms with Crippen LogP contribution in [0.2, 0.25) is 0 Å². The second-order valence-corrected chi connectivity index (χ2v) is 6.72. The van der Waals surface area contributed by atoms with Crippen LogP contribution in [0.15, 0.2) is 54.6 Å². The number of carbonyl (C=O) groups is 1. The Labute approximate surface area is 142 Å². The Bertz CT molecular complexity index is 760. The van der Waals surface area contributed by atoms with Crippen molar-refractivity contribution in [2.45, 2.75) is 19.8 Å². The lowest BCUT2D eigenvalue weighted by molar-refractivity contribution is -0.119. The van der Waals surface area contributed by atoms with Gasteiger partial charge in [0.05, 0.1) is 11.7 Å². The third kappa shape index (κ3) is 7.26. The number of primary amides is 1. The first-order valence-electron chi connectivity index (χ1n) is 7.30. The van der Waals surface area contributed by atoms with Gasteiger partial charge in [0.15, 0.2) is 0 Å². The standard InChI is InChI=1S/C15H15NO2.C2H6O3S/c1-11(15(16)17)12-6-5-9-14(10-12)18-13-7-3-2-4-8-13;1-2-6(3,4)5/h2-11H,1H3,(H2,16,17);2H2,1H3,(H,3,4,5). The number of ether oxygens (including phenoxy) is 1. The Hall–Kier alpha value is -2.38. The van der Waals surface area contributed by atoms with E-state index < -0.39 is 10.1 Å². The molecule has 3 N–H and O–H groups in total. The quantitative estimate of drug-likeness (QED) is 0.805. The highest BCUT2D eigenvalue weighted by molar-refractivity contribution is 7.85. The molecule has 0 bridgehead atoms. The first-order chi connectivity index (χ1) is 11.2. The van der Waals surface area contributed by atoms with Gasteiger partial charge in [-0.3, -0.25) is 9.35 Å². The molecule has 7 heteroatoms. The van der Waals surface area contributed by atoms with E-state index in [1.807, 2.05) is 54.6 Å². The number of amides is 1. The summed E-state index contributed by atoms with van der Waals surface area (Å²) < 4.78 is 32.6. The number of rotatable bonds is 5. The molecule has 2 aromatic rings. The number of para-hydroxylation sites is 1. The van der Waals surface area contributed by atoms with Crippen LogP contribution in [-0.2, 0) is 14.9 Å². The van der Waals surface area contributed by atoms with E-state index >= 15 is 0 Å². The normalized spacial score (nSPS) is 11.8. The van der Waals surface area contributed by atoms with E-state index in [1.54, 1.807) is 6.92 Å². The molecule has 0 aliphatic carbocycles. The van der Waals surface area contributed by atoms with Crippen LogP contribution >= 0.6 is 0 Å². The lowest BCUT2D eigenvalue weighted by Crippen LogP contribution is -2.18. The summed E-state index contributed by atoms with van der Waals surface area (Å²) in [7, 11) is -3.66. The molecular formula is C17H21NO5S. The fraction of sp³-hybridized carbons (Fsp3) is 0.235. The molecule has 130 valence electrons. The van der Waals surface area contributed by atoms with Gasteiger partial charge in [-0.2, -0.15) is 8.42 Å². The average molecular weight is 351 g/mol. The molecule has 1 amide bonds. The molecule has 1 atom stereocenters. The van der Waals surface area contributed by atoms with Gasteiger partial charge in [-0.25, -0.2) is 0 Å². The van der Waals surface area contributed by atoms with Crippen molar-refractivity contribution in [1.29, 1.82) is 0 Å². The van der Waals surface area contributed by atoms with Crippen LogP contribution in [0.3, 0.4) is 0 Å². The predicted octanol–water partition coefficient (Wildman–Crippen LogP) is 2.96. The van der Waals surface area contributed by atoms with Crippen LogP contribution < -0.4 is 10.5 Å². The van der Waals surface area contributed by atoms with Gasteiger partial charge in [-0.1, -0.05) is 30.3 Å². The van der Waals surface area contributed by atoms with Crippen molar-refractivity contribution in [2.75, 3.05) is 5.75 Å². The van der Waals surface area contributed by atoms with Crippen LogP contribution in [0.5, 0.6) is 11.5 Å². The Balaban J connectivity index is 0.000000413. The third-order valence-corrected chi connectivity index (χ3v) is 3.86. The van der Waals surface area contributed by atoms with Gasteiger partial charge in [0.2, 0.25) is 5.91 Å². The van der Waals surface area contributed by atoms with Gasteiger partial charge in [0.1, 0.15) is 11.5 Å². The zero-order valence-corrected chi connectivity index (χ0v) is 14.4. The highest BCUT2D eigenvalue weighted by atomic mass is 32.2. The van der Waals surface area contributed by atoms with Gasteiger partial charge in [0.25, 0.3) is 10.1 Å². The Morgan fingerprint density at radius 1 is 1.12 bits per heavy atom. The molecule has 1 unspecified atom stereocenters. The fourth-order valence-corrected chi connectivity index (χ4v) is 1.64. The van der Waals surface area contributed by atoms with Gasteiger partial charge in [-0.05, 0) is 43.7 Å². The summed E-state index contributed by atoms with van der Waals surface area (Å²) in [4.78, 5) is 11.2. The number of hydrogen-bond acceptors (Lipinski definition) is 4. The molecular weight excluding hydrogens is 330 g/mol. The lowest BCUT2D eigenvalue weighted by atomic mass is 10.0. The summed E-state index contributed by atoms with van der Waals surface area (Å²) >= 11 is 0. The van der Waals surface area contributed by atoms with Gasteiger partial charge in [0, 0.05) is 0 Å². The summed E-state index contributed by atoms with van der Waals surface area (Å²) in [5, 5.41) is 0. The largest absolute Gasteiger partial charge is 0.457 e. The summed E-state index contributed by atoms with van der Waals surface area (Å²) in [6, 6.07) is 16.9. The van der Waals surface area contributed by atoms with Gasteiger partial charge < -0.3 is 10.5 Å². The smallest absolute Gasteiger partial charge is 0.264 e. The highest BCUT2D eigenvalue weighted by Gasteiger charge is 2.12. The second-order valence-electron chi connectivity index (χ2n) is 4.98. The molecule has 0 saturated carbocycles. The molecule has 2 rings (SSSR count). The summed E-state index contributed by atoms with van der Waals surface area (Å²) in [5.41, 5.74) is 6.15. The molecule has 0 aliphatic heterocycles. The molecule has 24 heavy (non-hydrogen) atoms. The zero-order valence-electron chi connectivity index (χ0n) is 13.5. The molecule has 0 aliphatic rings. The van der Waals surface area contributed by atoms with Crippen LogP contribution in [0.4, 0.5) is 0 Å². The van der Waals surface area contributed by atoms with Crippen LogP contribution in [0, 0.1) is 0 Å². The SMILES string of the molecule is CC(C(N)=O)c1cccc(Oc2ccccc2)c1.CCS(=O)(=O)O. The molecule has 0 spiro atoms. The van der Waals surface area contributed by atoms with E-state index in [1.165, 1.54) is 6.92 Å². The minimum atomic E-state index is -3.66. The topological polar surface area (TPSA) is 107 Å². The Morgan fingerprint density at radius 2 is 1.67 bits per heavy atom. The summed E-state index contributed by atoms with van der Waals surface area (Å²) in [6.07, 6.45) is 0. The van der Waals surface area contributed by atoms with Crippen molar-refractivity contribution in [3.63, 3.8) is 0 Å². The van der Waals surface area contributed by atoms with Gasteiger partial charge >= 0.3 is 0 Å². The number of nitrogens with two attached hydrogens (primary N) is 1. The minimum absolute atomic E-state index is 0.201. The zero-order chi connectivity index (χ0) is 18.2. The third-order valence-electron chi connectivity index (χ3n) is 3.13. The summed E-state index contributed by atoms with van der Waals surface area (Å²) in [6.45, 7) is 3.15. The van der Waals surface area contributed by atoms with Crippen molar-refractivity contribution < 1.29 is 22.5 Å². The van der Waals surface area contributed by atoms with Crippen LogP contribution in [0.1, 0.15) is 25.3 Å². The first-order valence-corrected chi connectivity index (χ1v) is 8.91. The molecule has 0 radical (unpaired) electrons. The van der Waals surface area contributed by atoms with Crippen molar-refractivity contribution in [3.05, 3.63) is 60.2 Å². The van der Waals surface area contributed by atoms with Crippen molar-refractivity contribution >= 4 is 16.0 Å². The number of carbonyl (C=O) groups excluding carboxylic acids is 1. The van der Waals surface area contributed by atoms with Gasteiger partial charge in [-0.15, -0.1) is 0 Å². The Kier molecular flexibility index (Phi) is 7.41. The van der Waals surface area contributed by atoms with Crippen molar-refractivity contribution in [1.82, 2.24) is 0 Å². The molecule has 0 aromatic heterocycles. The van der Waals surface area contributed by atoms with E-state index in [0.29, 0.717) is 5.75 Å². The van der Waals surface area contributed by atoms with E-state index in [2.05, 4.69) is 0 Å². The van der Waals surface area contributed by atoms with E-state index in [-0.39, 0.29) is 17.6 Å². The maximum Gasteiger partial charge on any atom is 0.264 e. The van der Waals surface area contributed by atoms with E-state index in [0.717, 1.165) is 11.3 Å². The maximum atomic E-state index is 11.2. The van der Waals surface area contributed by atoms with E-state index in [4.69, 9.17) is 15.0 Å². The second kappa shape index (κ2) is 9.05. The molecule has 2 aromatic carbocycles. The Morgan fingerprint density at radius 3 is 2.17 bits per heavy atom. The number of benzene rings is 2. The van der Waals surface area contributed by atoms with Crippen molar-refractivity contribution in [3.8, 4) is 11.5 Å². The predicted molar refractivity (Wildman–Crippen MR) is 92.7 cm³/mol. The molecule has 0 saturated heterocycles. The van der Waals surface area contributed by atoms with E-state index in [9.17, 15) is 13.2 Å². The van der Waals surface area contributed by atoms with Crippen LogP contribution in [0.25, 0.3) is 0 Å². The number of hydrogen-bond donors (Lipinski definition) is 2. The highest BCUT2D eigenvalue weighted by Crippen LogP contribution is 2.24. The monoisotopic (exact) mass is 351 g/mol.